The van der Waals surface area contributed by atoms with Crippen molar-refractivity contribution in [3.05, 3.63) is 0 Å². The molecule has 0 radical (unpaired) electrons. The van der Waals surface area contributed by atoms with Crippen molar-refractivity contribution in [2.75, 3.05) is 6.61 Å². The minimum atomic E-state index is -1.39. The largest absolute Gasteiger partial charge is 0.358 e. The molecule has 0 aliphatic carbocycles. The topological polar surface area (TPSA) is 62.9 Å². The van der Waals surface area contributed by atoms with Gasteiger partial charge in [-0.15, -0.1) is 0 Å². The number of rotatable bonds is 5. The summed E-state index contributed by atoms with van der Waals surface area (Å²) < 4.78 is 23.0. The van der Waals surface area contributed by atoms with Crippen molar-refractivity contribution < 1.29 is 18.3 Å². The van der Waals surface area contributed by atoms with E-state index in [-0.39, 0.29) is 23.5 Å². The summed E-state index contributed by atoms with van der Waals surface area (Å²) in [6, 6.07) is 0. The van der Waals surface area contributed by atoms with Gasteiger partial charge in [0, 0.05) is 0 Å². The zero-order chi connectivity index (χ0) is 14.7. The molecule has 1 fully saturated rings. The summed E-state index contributed by atoms with van der Waals surface area (Å²) in [6.07, 6.45) is 1.70. The van der Waals surface area contributed by atoms with Gasteiger partial charge in [-0.3, -0.25) is 0 Å². The average molecular weight is 293 g/mol. The fraction of sp³-hybridized carbons (Fsp3) is 1.00. The van der Waals surface area contributed by atoms with Crippen LogP contribution in [0.15, 0.2) is 0 Å². The molecule has 0 spiro atoms. The van der Waals surface area contributed by atoms with Gasteiger partial charge in [0.15, 0.2) is 0 Å². The molecule has 1 aliphatic heterocycles. The maximum atomic E-state index is 5.83. The van der Waals surface area contributed by atoms with Gasteiger partial charge >= 0.3 is 8.60 Å². The molecular formula is C13H28NO4P. The van der Waals surface area contributed by atoms with Gasteiger partial charge in [-0.1, -0.05) is 0 Å². The van der Waals surface area contributed by atoms with Gasteiger partial charge in [0.25, 0.3) is 0 Å². The molecule has 5 nitrogen and oxygen atoms in total. The lowest BCUT2D eigenvalue weighted by atomic mass is 10.2. The van der Waals surface area contributed by atoms with E-state index in [1.165, 1.54) is 0 Å². The molecule has 1 aliphatic rings. The van der Waals surface area contributed by atoms with Crippen LogP contribution in [0.4, 0.5) is 0 Å². The molecule has 114 valence electrons. The van der Waals surface area contributed by atoms with E-state index < -0.39 is 8.60 Å². The first-order valence-corrected chi connectivity index (χ1v) is 7.87. The first kappa shape index (κ1) is 17.3. The Hall–Kier alpha value is 0.230. The van der Waals surface area contributed by atoms with Gasteiger partial charge in [0.05, 0.1) is 23.9 Å². The Morgan fingerprint density at radius 3 is 1.95 bits per heavy atom. The van der Waals surface area contributed by atoms with Crippen molar-refractivity contribution in [2.24, 2.45) is 5.73 Å². The molecule has 2 unspecified atom stereocenters. The summed E-state index contributed by atoms with van der Waals surface area (Å²) in [4.78, 5) is 0. The zero-order valence-corrected chi connectivity index (χ0v) is 13.8. The minimum Gasteiger partial charge on any atom is -0.358 e. The van der Waals surface area contributed by atoms with Gasteiger partial charge in [0.2, 0.25) is 0 Å². The molecule has 19 heavy (non-hydrogen) atoms. The van der Waals surface area contributed by atoms with Crippen molar-refractivity contribution >= 4 is 8.60 Å². The van der Waals surface area contributed by atoms with E-state index in [0.717, 1.165) is 12.8 Å². The lowest BCUT2D eigenvalue weighted by Gasteiger charge is -2.30. The van der Waals surface area contributed by atoms with Crippen LogP contribution in [0.25, 0.3) is 0 Å². The quantitative estimate of drug-likeness (QED) is 0.788. The molecule has 0 bridgehead atoms. The summed E-state index contributed by atoms with van der Waals surface area (Å²) in [5, 5.41) is 0. The highest BCUT2D eigenvalue weighted by Gasteiger charge is 2.30. The second-order valence-corrected chi connectivity index (χ2v) is 7.87. The normalized spacial score (nSPS) is 25.3. The molecule has 1 saturated heterocycles. The molecule has 0 saturated carbocycles. The second kappa shape index (κ2) is 6.79. The highest BCUT2D eigenvalue weighted by atomic mass is 31.2. The Morgan fingerprint density at radius 2 is 1.58 bits per heavy atom. The van der Waals surface area contributed by atoms with E-state index in [1.54, 1.807) is 0 Å². The number of hydrogen-bond donors (Lipinski definition) is 1. The SMILES string of the molecule is CC(C)(C)OP(OCC1CCC(N)O1)OC(C)(C)C. The van der Waals surface area contributed by atoms with Gasteiger partial charge in [-0.25, -0.2) is 0 Å². The van der Waals surface area contributed by atoms with E-state index in [0.29, 0.717) is 6.61 Å². The van der Waals surface area contributed by atoms with Crippen LogP contribution in [-0.4, -0.2) is 30.1 Å². The summed E-state index contributed by atoms with van der Waals surface area (Å²) in [7, 11) is -1.39. The zero-order valence-electron chi connectivity index (χ0n) is 12.9. The molecule has 6 heteroatoms. The van der Waals surface area contributed by atoms with E-state index >= 15 is 0 Å². The van der Waals surface area contributed by atoms with E-state index in [2.05, 4.69) is 0 Å². The van der Waals surface area contributed by atoms with Crippen LogP contribution in [0.3, 0.4) is 0 Å². The minimum absolute atomic E-state index is 0.0483. The fourth-order valence-electron chi connectivity index (χ4n) is 1.52. The molecular weight excluding hydrogens is 265 g/mol. The molecule has 1 rings (SSSR count). The lowest BCUT2D eigenvalue weighted by molar-refractivity contribution is -0.00698. The number of nitrogens with two attached hydrogens (primary N) is 1. The van der Waals surface area contributed by atoms with E-state index in [1.807, 2.05) is 41.5 Å². The number of hydrogen-bond acceptors (Lipinski definition) is 5. The molecule has 0 aromatic carbocycles. The monoisotopic (exact) mass is 293 g/mol. The third-order valence-corrected chi connectivity index (χ3v) is 3.96. The average Bonchev–Trinajstić information content (AvgIpc) is 2.56. The fourth-order valence-corrected chi connectivity index (χ4v) is 2.84. The van der Waals surface area contributed by atoms with Gasteiger partial charge in [-0.2, -0.15) is 0 Å². The van der Waals surface area contributed by atoms with Crippen molar-refractivity contribution in [3.63, 3.8) is 0 Å². The molecule has 0 aromatic rings. The molecule has 0 aromatic heterocycles. The standard InChI is InChI=1S/C13H28NO4P/c1-12(2,3)17-19(18-13(4,5)6)15-9-10-7-8-11(14)16-10/h10-11H,7-9,14H2,1-6H3. The summed E-state index contributed by atoms with van der Waals surface area (Å²) in [6.45, 7) is 12.4. The van der Waals surface area contributed by atoms with E-state index in [4.69, 9.17) is 24.0 Å². The first-order chi connectivity index (χ1) is 8.55. The highest BCUT2D eigenvalue weighted by Crippen LogP contribution is 2.47. The summed E-state index contributed by atoms with van der Waals surface area (Å²) >= 11 is 0. The maximum absolute atomic E-state index is 5.83. The molecule has 1 heterocycles. The third-order valence-electron chi connectivity index (χ3n) is 2.20. The smallest absolute Gasteiger partial charge is 0.333 e. The summed E-state index contributed by atoms with van der Waals surface area (Å²) in [5.41, 5.74) is 5.10. The van der Waals surface area contributed by atoms with Gasteiger partial charge < -0.3 is 24.0 Å². The molecule has 2 atom stereocenters. The maximum Gasteiger partial charge on any atom is 0.333 e. The van der Waals surface area contributed by atoms with Crippen LogP contribution in [0, 0.1) is 0 Å². The van der Waals surface area contributed by atoms with Crippen LogP contribution >= 0.6 is 8.60 Å². The predicted octanol–water partition coefficient (Wildman–Crippen LogP) is 3.32. The van der Waals surface area contributed by atoms with E-state index in [9.17, 15) is 0 Å². The predicted molar refractivity (Wildman–Crippen MR) is 76.6 cm³/mol. The Morgan fingerprint density at radius 1 is 1.05 bits per heavy atom. The van der Waals surface area contributed by atoms with Crippen molar-refractivity contribution in [1.29, 1.82) is 0 Å². The Labute approximate surface area is 118 Å². The van der Waals surface area contributed by atoms with Crippen molar-refractivity contribution in [1.82, 2.24) is 0 Å². The lowest BCUT2D eigenvalue weighted by Crippen LogP contribution is -2.25. The van der Waals surface area contributed by atoms with Crippen LogP contribution in [0.2, 0.25) is 0 Å². The molecule has 0 amide bonds. The Kier molecular flexibility index (Phi) is 6.18. The number of ether oxygens (including phenoxy) is 1. The second-order valence-electron chi connectivity index (χ2n) is 6.80. The van der Waals surface area contributed by atoms with Gasteiger partial charge in [-0.05, 0) is 54.4 Å². The van der Waals surface area contributed by atoms with Crippen LogP contribution < -0.4 is 5.73 Å². The Bertz CT molecular complexity index is 259. The van der Waals surface area contributed by atoms with Crippen molar-refractivity contribution in [3.8, 4) is 0 Å². The Balaban J connectivity index is 2.44. The first-order valence-electron chi connectivity index (χ1n) is 6.77. The van der Waals surface area contributed by atoms with Crippen LogP contribution in [0.5, 0.6) is 0 Å². The van der Waals surface area contributed by atoms with Gasteiger partial charge in [0.1, 0.15) is 6.23 Å². The highest BCUT2D eigenvalue weighted by molar-refractivity contribution is 7.41. The van der Waals surface area contributed by atoms with Crippen molar-refractivity contribution in [2.45, 2.75) is 77.9 Å². The summed E-state index contributed by atoms with van der Waals surface area (Å²) in [5.74, 6) is 0. The third kappa shape index (κ3) is 8.18. The van der Waals surface area contributed by atoms with Crippen LogP contribution in [-0.2, 0) is 18.3 Å². The van der Waals surface area contributed by atoms with Crippen LogP contribution in [0.1, 0.15) is 54.4 Å². The molecule has 2 N–H and O–H groups in total.